The molecule has 3 heteroatoms. The van der Waals surface area contributed by atoms with Gasteiger partial charge in [0.05, 0.1) is 6.04 Å². The molecule has 0 aromatic rings. The van der Waals surface area contributed by atoms with E-state index in [-0.39, 0.29) is 16.7 Å². The van der Waals surface area contributed by atoms with Crippen molar-refractivity contribution in [3.63, 3.8) is 0 Å². The highest BCUT2D eigenvalue weighted by Crippen LogP contribution is 2.20. The van der Waals surface area contributed by atoms with Crippen LogP contribution in [0, 0.1) is 10.8 Å². The molecular formula is C12H26N2O. The highest BCUT2D eigenvalue weighted by atomic mass is 16.2. The van der Waals surface area contributed by atoms with Gasteiger partial charge in [0, 0.05) is 6.54 Å². The summed E-state index contributed by atoms with van der Waals surface area (Å²) >= 11 is 0. The summed E-state index contributed by atoms with van der Waals surface area (Å²) in [6.45, 7) is 13.0. The Morgan fingerprint density at radius 1 is 1.27 bits per heavy atom. The van der Waals surface area contributed by atoms with Crippen molar-refractivity contribution in [1.29, 1.82) is 0 Å². The van der Waals surface area contributed by atoms with Gasteiger partial charge in [-0.1, -0.05) is 41.5 Å². The Morgan fingerprint density at radius 2 is 1.73 bits per heavy atom. The molecule has 0 saturated heterocycles. The molecule has 0 aliphatic carbocycles. The van der Waals surface area contributed by atoms with Crippen molar-refractivity contribution < 1.29 is 4.79 Å². The lowest BCUT2D eigenvalue weighted by atomic mass is 9.86. The zero-order valence-electron chi connectivity index (χ0n) is 11.0. The van der Waals surface area contributed by atoms with Gasteiger partial charge < -0.3 is 11.1 Å². The molecule has 1 atom stereocenters. The number of hydrogen-bond donors (Lipinski definition) is 2. The summed E-state index contributed by atoms with van der Waals surface area (Å²) in [5.41, 5.74) is 5.82. The van der Waals surface area contributed by atoms with E-state index in [0.29, 0.717) is 6.54 Å². The van der Waals surface area contributed by atoms with Gasteiger partial charge in [0.2, 0.25) is 5.91 Å². The Bertz CT molecular complexity index is 216. The lowest BCUT2D eigenvalue weighted by molar-refractivity contribution is -0.124. The lowest BCUT2D eigenvalue weighted by Gasteiger charge is -2.28. The molecule has 0 aliphatic rings. The third-order valence-electron chi connectivity index (χ3n) is 2.91. The van der Waals surface area contributed by atoms with Crippen molar-refractivity contribution in [2.45, 2.75) is 54.0 Å². The maximum absolute atomic E-state index is 11.7. The molecule has 3 N–H and O–H groups in total. The molecule has 15 heavy (non-hydrogen) atoms. The Balaban J connectivity index is 4.17. The van der Waals surface area contributed by atoms with Crippen LogP contribution in [-0.2, 0) is 4.79 Å². The zero-order valence-corrected chi connectivity index (χ0v) is 11.0. The van der Waals surface area contributed by atoms with Gasteiger partial charge in [0.1, 0.15) is 0 Å². The maximum Gasteiger partial charge on any atom is 0.237 e. The van der Waals surface area contributed by atoms with E-state index in [2.05, 4.69) is 26.1 Å². The van der Waals surface area contributed by atoms with E-state index in [4.69, 9.17) is 5.73 Å². The number of nitrogens with one attached hydrogen (secondary N) is 1. The Labute approximate surface area is 93.8 Å². The standard InChI is InChI=1S/C12H26N2O/c1-7-12(5,6)8-14-10(15)9(13)11(2,3)4/h9H,7-8,13H2,1-6H3,(H,14,15)/t9-/m1/s1. The number of nitrogens with two attached hydrogens (primary N) is 1. The van der Waals surface area contributed by atoms with Crippen molar-refractivity contribution in [1.82, 2.24) is 5.32 Å². The van der Waals surface area contributed by atoms with Gasteiger partial charge in [-0.25, -0.2) is 0 Å². The molecule has 0 bridgehead atoms. The maximum atomic E-state index is 11.7. The van der Waals surface area contributed by atoms with Crippen LogP contribution in [0.3, 0.4) is 0 Å². The highest BCUT2D eigenvalue weighted by Gasteiger charge is 2.28. The van der Waals surface area contributed by atoms with Crippen molar-refractivity contribution >= 4 is 5.91 Å². The van der Waals surface area contributed by atoms with Gasteiger partial charge in [-0.3, -0.25) is 4.79 Å². The number of hydrogen-bond acceptors (Lipinski definition) is 2. The van der Waals surface area contributed by atoms with Crippen molar-refractivity contribution in [2.75, 3.05) is 6.54 Å². The van der Waals surface area contributed by atoms with E-state index >= 15 is 0 Å². The Kier molecular flexibility index (Phi) is 4.78. The van der Waals surface area contributed by atoms with E-state index in [0.717, 1.165) is 6.42 Å². The molecule has 0 aromatic heterocycles. The third-order valence-corrected chi connectivity index (χ3v) is 2.91. The summed E-state index contributed by atoms with van der Waals surface area (Å²) in [6.07, 6.45) is 1.04. The van der Waals surface area contributed by atoms with Gasteiger partial charge in [0.15, 0.2) is 0 Å². The number of amides is 1. The molecular weight excluding hydrogens is 188 g/mol. The van der Waals surface area contributed by atoms with Gasteiger partial charge in [-0.15, -0.1) is 0 Å². The average molecular weight is 214 g/mol. The lowest BCUT2D eigenvalue weighted by Crippen LogP contribution is -2.50. The summed E-state index contributed by atoms with van der Waals surface area (Å²) < 4.78 is 0. The summed E-state index contributed by atoms with van der Waals surface area (Å²) in [6, 6.07) is -0.440. The quantitative estimate of drug-likeness (QED) is 0.751. The van der Waals surface area contributed by atoms with Gasteiger partial charge in [0.25, 0.3) is 0 Å². The second kappa shape index (κ2) is 4.97. The minimum atomic E-state index is -0.440. The summed E-state index contributed by atoms with van der Waals surface area (Å²) in [4.78, 5) is 11.7. The minimum Gasteiger partial charge on any atom is -0.354 e. The van der Waals surface area contributed by atoms with Crippen molar-refractivity contribution in [3.05, 3.63) is 0 Å². The summed E-state index contributed by atoms with van der Waals surface area (Å²) in [5, 5.41) is 2.92. The molecule has 0 radical (unpaired) electrons. The summed E-state index contributed by atoms with van der Waals surface area (Å²) in [7, 11) is 0. The fourth-order valence-electron chi connectivity index (χ4n) is 0.955. The minimum absolute atomic E-state index is 0.0518. The average Bonchev–Trinajstić information content (AvgIpc) is 2.11. The largest absolute Gasteiger partial charge is 0.354 e. The fraction of sp³-hybridized carbons (Fsp3) is 0.917. The smallest absolute Gasteiger partial charge is 0.237 e. The van der Waals surface area contributed by atoms with Crippen molar-refractivity contribution in [3.8, 4) is 0 Å². The van der Waals surface area contributed by atoms with Crippen molar-refractivity contribution in [2.24, 2.45) is 16.6 Å². The van der Waals surface area contributed by atoms with Gasteiger partial charge in [-0.05, 0) is 17.3 Å². The molecule has 0 unspecified atom stereocenters. The van der Waals surface area contributed by atoms with E-state index in [1.54, 1.807) is 0 Å². The van der Waals surface area contributed by atoms with E-state index in [1.165, 1.54) is 0 Å². The number of rotatable bonds is 4. The molecule has 0 rings (SSSR count). The van der Waals surface area contributed by atoms with Crippen LogP contribution in [0.15, 0.2) is 0 Å². The predicted octanol–water partition coefficient (Wildman–Crippen LogP) is 1.91. The first-order valence-corrected chi connectivity index (χ1v) is 5.63. The van der Waals surface area contributed by atoms with Gasteiger partial charge in [-0.2, -0.15) is 0 Å². The monoisotopic (exact) mass is 214 g/mol. The SMILES string of the molecule is CCC(C)(C)CNC(=O)[C@@H](N)C(C)(C)C. The number of carbonyl (C=O) groups excluding carboxylic acids is 1. The van der Waals surface area contributed by atoms with E-state index in [1.807, 2.05) is 20.8 Å². The third kappa shape index (κ3) is 5.17. The summed E-state index contributed by atoms with van der Waals surface area (Å²) in [5.74, 6) is -0.0518. The molecule has 3 nitrogen and oxygen atoms in total. The number of carbonyl (C=O) groups is 1. The van der Waals surface area contributed by atoms with Gasteiger partial charge >= 0.3 is 0 Å². The van der Waals surface area contributed by atoms with Crippen LogP contribution < -0.4 is 11.1 Å². The van der Waals surface area contributed by atoms with Crippen LogP contribution in [0.25, 0.3) is 0 Å². The molecule has 90 valence electrons. The fourth-order valence-corrected chi connectivity index (χ4v) is 0.955. The molecule has 0 heterocycles. The Hall–Kier alpha value is -0.570. The van der Waals surface area contributed by atoms with Crippen LogP contribution in [0.4, 0.5) is 0 Å². The zero-order chi connectivity index (χ0) is 12.3. The molecule has 0 aromatic carbocycles. The predicted molar refractivity (Wildman–Crippen MR) is 64.5 cm³/mol. The second-order valence-corrected chi connectivity index (χ2v) is 6.08. The second-order valence-electron chi connectivity index (χ2n) is 6.08. The first-order chi connectivity index (χ1) is 6.60. The molecule has 0 fully saturated rings. The normalized spacial score (nSPS) is 14.9. The molecule has 0 saturated carbocycles. The van der Waals surface area contributed by atoms with Crippen LogP contribution in [-0.4, -0.2) is 18.5 Å². The van der Waals surface area contributed by atoms with E-state index < -0.39 is 6.04 Å². The van der Waals surface area contributed by atoms with E-state index in [9.17, 15) is 4.79 Å². The van der Waals surface area contributed by atoms with Crippen LogP contribution in [0.5, 0.6) is 0 Å². The van der Waals surface area contributed by atoms with Crippen LogP contribution >= 0.6 is 0 Å². The first kappa shape index (κ1) is 14.4. The molecule has 1 amide bonds. The topological polar surface area (TPSA) is 55.1 Å². The Morgan fingerprint density at radius 3 is 2.07 bits per heavy atom. The first-order valence-electron chi connectivity index (χ1n) is 5.63. The molecule has 0 aliphatic heterocycles. The van der Waals surface area contributed by atoms with Crippen LogP contribution in [0.2, 0.25) is 0 Å². The molecule has 0 spiro atoms. The van der Waals surface area contributed by atoms with Crippen LogP contribution in [0.1, 0.15) is 48.0 Å². The highest BCUT2D eigenvalue weighted by molar-refractivity contribution is 5.82.